The monoisotopic (exact) mass is 365 g/mol. The Morgan fingerprint density at radius 3 is 2.46 bits per heavy atom. The first-order valence-electron chi connectivity index (χ1n) is 7.53. The minimum atomic E-state index is -5.10. The zero-order valence-electron chi connectivity index (χ0n) is 13.6. The number of ether oxygens (including phenoxy) is 1. The molecular formula is C17H14F3N3O3. The van der Waals surface area contributed by atoms with E-state index in [-0.39, 0.29) is 22.0 Å². The molecule has 1 aliphatic heterocycles. The largest absolute Gasteiger partial charge is 0.497 e. The van der Waals surface area contributed by atoms with Crippen molar-refractivity contribution < 1.29 is 27.8 Å². The second kappa shape index (κ2) is 6.41. The number of alkyl halides is 3. The molecule has 1 aromatic carbocycles. The SMILES string of the molecule is COc1ccc(C(=O)N2N=C(c3ccccn3)CC2(O)C(F)(F)F)cc1. The summed E-state index contributed by atoms with van der Waals surface area (Å²) in [5, 5.41) is 14.1. The van der Waals surface area contributed by atoms with E-state index in [2.05, 4.69) is 10.1 Å². The number of carbonyl (C=O) groups is 1. The van der Waals surface area contributed by atoms with Crippen LogP contribution in [0.15, 0.2) is 53.8 Å². The van der Waals surface area contributed by atoms with Gasteiger partial charge in [-0.2, -0.15) is 23.3 Å². The molecule has 0 fully saturated rings. The fourth-order valence-electron chi connectivity index (χ4n) is 2.51. The summed E-state index contributed by atoms with van der Waals surface area (Å²) in [6, 6.07) is 10.1. The standard InChI is InChI=1S/C17H14F3N3O3/c1-26-12-7-5-11(6-8-12)15(24)23-16(25,17(18,19)20)10-14(22-23)13-4-2-3-9-21-13/h2-9,25H,10H2,1H3. The van der Waals surface area contributed by atoms with Crippen molar-refractivity contribution in [1.29, 1.82) is 0 Å². The van der Waals surface area contributed by atoms with Crippen LogP contribution in [-0.2, 0) is 0 Å². The van der Waals surface area contributed by atoms with Gasteiger partial charge in [0.05, 0.1) is 24.9 Å². The molecule has 2 heterocycles. The lowest BCUT2D eigenvalue weighted by Gasteiger charge is -2.32. The van der Waals surface area contributed by atoms with Crippen molar-refractivity contribution in [2.24, 2.45) is 5.10 Å². The molecule has 26 heavy (non-hydrogen) atoms. The summed E-state index contributed by atoms with van der Waals surface area (Å²) in [5.41, 5.74) is -3.50. The van der Waals surface area contributed by atoms with E-state index in [0.29, 0.717) is 5.75 Å². The van der Waals surface area contributed by atoms with Crippen molar-refractivity contribution in [1.82, 2.24) is 9.99 Å². The molecule has 9 heteroatoms. The maximum absolute atomic E-state index is 13.5. The lowest BCUT2D eigenvalue weighted by Crippen LogP contribution is -2.56. The summed E-state index contributed by atoms with van der Waals surface area (Å²) in [5.74, 6) is -0.648. The van der Waals surface area contributed by atoms with Gasteiger partial charge >= 0.3 is 6.18 Å². The van der Waals surface area contributed by atoms with Crippen LogP contribution in [0.2, 0.25) is 0 Å². The van der Waals surface area contributed by atoms with Gasteiger partial charge in [-0.05, 0) is 36.4 Å². The van der Waals surface area contributed by atoms with Crippen LogP contribution in [0.4, 0.5) is 13.2 Å². The number of amides is 1. The molecule has 1 amide bonds. The molecule has 136 valence electrons. The van der Waals surface area contributed by atoms with Gasteiger partial charge in [0.25, 0.3) is 11.6 Å². The van der Waals surface area contributed by atoms with Crippen molar-refractivity contribution >= 4 is 11.6 Å². The Morgan fingerprint density at radius 1 is 1.23 bits per heavy atom. The lowest BCUT2D eigenvalue weighted by molar-refractivity contribution is -0.297. The number of benzene rings is 1. The zero-order valence-corrected chi connectivity index (χ0v) is 13.6. The first kappa shape index (κ1) is 17.9. The highest BCUT2D eigenvalue weighted by Crippen LogP contribution is 2.41. The Morgan fingerprint density at radius 2 is 1.92 bits per heavy atom. The molecule has 1 atom stereocenters. The number of methoxy groups -OCH3 is 1. The lowest BCUT2D eigenvalue weighted by atomic mass is 10.0. The van der Waals surface area contributed by atoms with Crippen molar-refractivity contribution in [2.45, 2.75) is 18.3 Å². The Bertz CT molecular complexity index is 838. The number of rotatable bonds is 3. The first-order valence-corrected chi connectivity index (χ1v) is 7.53. The van der Waals surface area contributed by atoms with E-state index in [1.807, 2.05) is 0 Å². The molecule has 2 aromatic rings. The Labute approximate surface area is 146 Å². The molecule has 0 aliphatic carbocycles. The van der Waals surface area contributed by atoms with Crippen molar-refractivity contribution in [2.75, 3.05) is 7.11 Å². The second-order valence-corrected chi connectivity index (χ2v) is 5.60. The average molecular weight is 365 g/mol. The topological polar surface area (TPSA) is 75.0 Å². The van der Waals surface area contributed by atoms with E-state index < -0.39 is 24.2 Å². The Hall–Kier alpha value is -2.94. The highest BCUT2D eigenvalue weighted by Gasteiger charge is 2.63. The summed E-state index contributed by atoms with van der Waals surface area (Å²) in [7, 11) is 1.42. The third kappa shape index (κ3) is 3.01. The van der Waals surface area contributed by atoms with Crippen LogP contribution in [-0.4, -0.2) is 45.7 Å². The third-order valence-electron chi connectivity index (χ3n) is 3.93. The van der Waals surface area contributed by atoms with Crippen LogP contribution < -0.4 is 4.74 Å². The van der Waals surface area contributed by atoms with Crippen LogP contribution in [0.5, 0.6) is 5.75 Å². The van der Waals surface area contributed by atoms with Gasteiger partial charge in [0.2, 0.25) is 0 Å². The maximum Gasteiger partial charge on any atom is 0.438 e. The molecule has 3 rings (SSSR count). The highest BCUT2D eigenvalue weighted by atomic mass is 19.4. The molecular weight excluding hydrogens is 351 g/mol. The fourth-order valence-corrected chi connectivity index (χ4v) is 2.51. The van der Waals surface area contributed by atoms with E-state index in [0.717, 1.165) is 0 Å². The summed E-state index contributed by atoms with van der Waals surface area (Å²) in [4.78, 5) is 16.5. The van der Waals surface area contributed by atoms with Gasteiger partial charge in [-0.1, -0.05) is 6.07 Å². The second-order valence-electron chi connectivity index (χ2n) is 5.60. The summed E-state index contributed by atoms with van der Waals surface area (Å²) in [6.07, 6.45) is -4.62. The molecule has 0 saturated heterocycles. The van der Waals surface area contributed by atoms with Gasteiger partial charge < -0.3 is 9.84 Å². The normalized spacial score (nSPS) is 20.0. The summed E-state index contributed by atoms with van der Waals surface area (Å²) >= 11 is 0. The minimum absolute atomic E-state index is 0.0683. The quantitative estimate of drug-likeness (QED) is 0.907. The van der Waals surface area contributed by atoms with Crippen LogP contribution >= 0.6 is 0 Å². The third-order valence-corrected chi connectivity index (χ3v) is 3.93. The number of halogens is 3. The van der Waals surface area contributed by atoms with Crippen LogP contribution in [0.3, 0.4) is 0 Å². The molecule has 1 aromatic heterocycles. The van der Waals surface area contributed by atoms with E-state index in [9.17, 15) is 23.1 Å². The van der Waals surface area contributed by atoms with Gasteiger partial charge in [0.1, 0.15) is 5.75 Å². The molecule has 0 spiro atoms. The molecule has 0 radical (unpaired) electrons. The van der Waals surface area contributed by atoms with Crippen molar-refractivity contribution in [3.63, 3.8) is 0 Å². The predicted octanol–water partition coefficient (Wildman–Crippen LogP) is 2.59. The first-order chi connectivity index (χ1) is 12.3. The Balaban J connectivity index is 2.01. The number of pyridine rings is 1. The molecule has 6 nitrogen and oxygen atoms in total. The van der Waals surface area contributed by atoms with Crippen LogP contribution in [0.1, 0.15) is 22.5 Å². The number of hydrogen-bond acceptors (Lipinski definition) is 5. The molecule has 0 saturated carbocycles. The van der Waals surface area contributed by atoms with Gasteiger partial charge in [-0.25, -0.2) is 0 Å². The van der Waals surface area contributed by atoms with Crippen LogP contribution in [0.25, 0.3) is 0 Å². The summed E-state index contributed by atoms with van der Waals surface area (Å²) < 4.78 is 45.5. The highest BCUT2D eigenvalue weighted by molar-refractivity contribution is 6.04. The predicted molar refractivity (Wildman–Crippen MR) is 85.6 cm³/mol. The van der Waals surface area contributed by atoms with Gasteiger partial charge in [0.15, 0.2) is 0 Å². The number of hydrazone groups is 1. The number of nitrogens with zero attached hydrogens (tertiary/aromatic N) is 3. The van der Waals surface area contributed by atoms with E-state index >= 15 is 0 Å². The zero-order chi connectivity index (χ0) is 18.9. The molecule has 1 aliphatic rings. The average Bonchev–Trinajstić information content (AvgIpc) is 3.01. The van der Waals surface area contributed by atoms with Gasteiger partial charge in [-0.3, -0.25) is 9.78 Å². The van der Waals surface area contributed by atoms with Crippen LogP contribution in [0, 0.1) is 0 Å². The Kier molecular flexibility index (Phi) is 4.41. The van der Waals surface area contributed by atoms with Gasteiger partial charge in [0, 0.05) is 11.8 Å². The number of hydrogen-bond donors (Lipinski definition) is 1. The van der Waals surface area contributed by atoms with E-state index in [1.165, 1.54) is 43.6 Å². The smallest absolute Gasteiger partial charge is 0.438 e. The van der Waals surface area contributed by atoms with Crippen molar-refractivity contribution in [3.05, 3.63) is 59.9 Å². The van der Waals surface area contributed by atoms with E-state index in [1.54, 1.807) is 12.1 Å². The van der Waals surface area contributed by atoms with E-state index in [4.69, 9.17) is 4.74 Å². The number of aromatic nitrogens is 1. The van der Waals surface area contributed by atoms with Gasteiger partial charge in [-0.15, -0.1) is 0 Å². The molecule has 0 bridgehead atoms. The number of carbonyl (C=O) groups excluding carboxylic acids is 1. The fraction of sp³-hybridized carbons (Fsp3) is 0.235. The molecule has 1 unspecified atom stereocenters. The minimum Gasteiger partial charge on any atom is -0.497 e. The molecule has 1 N–H and O–H groups in total. The summed E-state index contributed by atoms with van der Waals surface area (Å²) in [6.45, 7) is 0. The van der Waals surface area contributed by atoms with Crippen molar-refractivity contribution in [3.8, 4) is 5.75 Å². The number of aliphatic hydroxyl groups is 1. The maximum atomic E-state index is 13.5.